The number of ether oxygens (including phenoxy) is 2. The van der Waals surface area contributed by atoms with Crippen molar-refractivity contribution in [1.82, 2.24) is 0 Å². The number of hydrogen-bond acceptors (Lipinski definition) is 4. The number of nitrogens with zero attached hydrogens (tertiary/aromatic N) is 2. The Kier molecular flexibility index (Phi) is 15.8. The average molecular weight is 859 g/mol. The molecule has 65 heavy (non-hydrogen) atoms. The minimum atomic E-state index is 0.596. The van der Waals surface area contributed by atoms with E-state index >= 15 is 0 Å². The van der Waals surface area contributed by atoms with Gasteiger partial charge in [-0.1, -0.05) is 159 Å². The molecule has 0 spiro atoms. The number of anilines is 6. The van der Waals surface area contributed by atoms with Crippen LogP contribution in [0.25, 0.3) is 24.3 Å². The third kappa shape index (κ3) is 12.7. The van der Waals surface area contributed by atoms with Crippen molar-refractivity contribution >= 4 is 58.4 Å². The summed E-state index contributed by atoms with van der Waals surface area (Å²) in [7, 11) is 1.74. The highest BCUT2D eigenvalue weighted by Crippen LogP contribution is 2.38. The lowest BCUT2D eigenvalue weighted by Crippen LogP contribution is -2.09. The molecule has 7 rings (SSSR count). The van der Waals surface area contributed by atoms with Crippen LogP contribution in [-0.4, -0.2) is 13.7 Å². The highest BCUT2D eigenvalue weighted by molar-refractivity contribution is 5.82. The Hall–Kier alpha value is -6.78. The van der Waals surface area contributed by atoms with Crippen LogP contribution >= 0.6 is 0 Å². The van der Waals surface area contributed by atoms with Gasteiger partial charge in [-0.05, 0) is 142 Å². The first-order chi connectivity index (χ1) is 31.5. The number of benzene rings is 7. The molecule has 0 aromatic heterocycles. The Morgan fingerprint density at radius 3 is 1.11 bits per heavy atom. The molecule has 0 saturated carbocycles. The van der Waals surface area contributed by atoms with Crippen molar-refractivity contribution in [1.29, 1.82) is 0 Å². The van der Waals surface area contributed by atoms with Gasteiger partial charge < -0.3 is 19.3 Å². The summed E-state index contributed by atoms with van der Waals surface area (Å²) in [6, 6.07) is 56.5. The molecular weight excluding hydrogens is 793 g/mol. The van der Waals surface area contributed by atoms with E-state index in [1.807, 2.05) is 0 Å². The summed E-state index contributed by atoms with van der Waals surface area (Å²) in [5, 5.41) is 0. The monoisotopic (exact) mass is 859 g/mol. The maximum atomic E-state index is 6.67. The second kappa shape index (κ2) is 22.2. The van der Waals surface area contributed by atoms with Crippen LogP contribution in [0.1, 0.15) is 91.0 Å². The van der Waals surface area contributed by atoms with Gasteiger partial charge in [0.05, 0.1) is 13.7 Å². The summed E-state index contributed by atoms with van der Waals surface area (Å²) < 4.78 is 12.7. The maximum Gasteiger partial charge on any atom is 0.127 e. The van der Waals surface area contributed by atoms with E-state index in [-0.39, 0.29) is 0 Å². The fourth-order valence-electron chi connectivity index (χ4n) is 8.05. The second-order valence-corrected chi connectivity index (χ2v) is 18.1. The predicted octanol–water partition coefficient (Wildman–Crippen LogP) is 17.4. The Balaban J connectivity index is 1.15. The van der Waals surface area contributed by atoms with Gasteiger partial charge in [-0.2, -0.15) is 0 Å². The van der Waals surface area contributed by atoms with Crippen LogP contribution in [0.3, 0.4) is 0 Å². The Morgan fingerprint density at radius 2 is 0.754 bits per heavy atom. The van der Waals surface area contributed by atoms with Gasteiger partial charge in [0, 0.05) is 45.3 Å². The smallest absolute Gasteiger partial charge is 0.127 e. The molecule has 1 atom stereocenters. The minimum absolute atomic E-state index is 0.596. The molecule has 0 saturated heterocycles. The summed E-state index contributed by atoms with van der Waals surface area (Å²) >= 11 is 0. The zero-order valence-corrected chi connectivity index (χ0v) is 39.7. The third-order valence-electron chi connectivity index (χ3n) is 12.1. The molecule has 7 aromatic carbocycles. The first-order valence-corrected chi connectivity index (χ1v) is 23.3. The lowest BCUT2D eigenvalue weighted by molar-refractivity contribution is 0.275. The van der Waals surface area contributed by atoms with Gasteiger partial charge in [-0.25, -0.2) is 0 Å². The molecule has 0 heterocycles. The van der Waals surface area contributed by atoms with E-state index < -0.39 is 0 Å². The van der Waals surface area contributed by atoms with Crippen molar-refractivity contribution < 1.29 is 9.47 Å². The lowest BCUT2D eigenvalue weighted by Gasteiger charge is -2.26. The van der Waals surface area contributed by atoms with Crippen LogP contribution in [-0.2, 0) is 0 Å². The van der Waals surface area contributed by atoms with E-state index in [0.29, 0.717) is 12.5 Å². The summed E-state index contributed by atoms with van der Waals surface area (Å²) in [6.07, 6.45) is 13.3. The third-order valence-corrected chi connectivity index (χ3v) is 12.1. The lowest BCUT2D eigenvalue weighted by atomic mass is 9.97. The van der Waals surface area contributed by atoms with Crippen molar-refractivity contribution in [2.45, 2.75) is 74.1 Å². The van der Waals surface area contributed by atoms with Gasteiger partial charge in [-0.3, -0.25) is 0 Å². The fourth-order valence-corrected chi connectivity index (χ4v) is 8.05. The van der Waals surface area contributed by atoms with E-state index in [0.717, 1.165) is 80.2 Å². The number of aryl methyl sites for hydroxylation is 4. The predicted molar refractivity (Wildman–Crippen MR) is 280 cm³/mol. The standard InChI is InChI=1S/C61H66N2O2/c1-44(2)10-9-11-45(3)40-41-65-61-43-52(26-20-50-22-36-58(37-23-50)62(54-28-12-46(4)13-29-54)55-30-14-47(5)15-31-55)60(64-8)42-53(61)27-21-51-24-38-59(39-25-51)63(56-32-16-48(6)17-33-56)57-34-18-49(7)19-35-57/h12-39,42-45H,9-11,40-41H2,1-8H3/b26-20+,27-21+. The molecule has 0 N–H and O–H groups in total. The molecule has 0 bridgehead atoms. The topological polar surface area (TPSA) is 24.9 Å². The van der Waals surface area contributed by atoms with Crippen LogP contribution in [0.15, 0.2) is 158 Å². The van der Waals surface area contributed by atoms with Crippen LogP contribution < -0.4 is 19.3 Å². The van der Waals surface area contributed by atoms with Gasteiger partial charge in [0.2, 0.25) is 0 Å². The SMILES string of the molecule is COc1cc(/C=C/c2ccc(N(c3ccc(C)cc3)c3ccc(C)cc3)cc2)c(OCCC(C)CCCC(C)C)cc1/C=C/c1ccc(N(c2ccc(C)cc2)c2ccc(C)cc2)cc1. The van der Waals surface area contributed by atoms with Crippen LogP contribution in [0.2, 0.25) is 0 Å². The average Bonchev–Trinajstić information content (AvgIpc) is 3.31. The number of rotatable bonds is 19. The minimum Gasteiger partial charge on any atom is -0.496 e. The number of hydrogen-bond donors (Lipinski definition) is 0. The van der Waals surface area contributed by atoms with Gasteiger partial charge in [0.25, 0.3) is 0 Å². The largest absolute Gasteiger partial charge is 0.496 e. The first kappa shape index (κ1) is 46.2. The van der Waals surface area contributed by atoms with Gasteiger partial charge in [0.15, 0.2) is 0 Å². The first-order valence-electron chi connectivity index (χ1n) is 23.3. The highest BCUT2D eigenvalue weighted by atomic mass is 16.5. The molecule has 0 aliphatic carbocycles. The molecule has 0 amide bonds. The summed E-state index contributed by atoms with van der Waals surface area (Å²) in [5.74, 6) is 2.97. The highest BCUT2D eigenvalue weighted by Gasteiger charge is 2.15. The molecule has 7 aromatic rings. The van der Waals surface area contributed by atoms with Crippen molar-refractivity contribution in [2.75, 3.05) is 23.5 Å². The quantitative estimate of drug-likeness (QED) is 0.0757. The van der Waals surface area contributed by atoms with Gasteiger partial charge in [0.1, 0.15) is 11.5 Å². The van der Waals surface area contributed by atoms with Crippen LogP contribution in [0, 0.1) is 39.5 Å². The molecule has 1 unspecified atom stereocenters. The van der Waals surface area contributed by atoms with E-state index in [4.69, 9.17) is 9.47 Å². The van der Waals surface area contributed by atoms with E-state index in [2.05, 4.69) is 240 Å². The Bertz CT molecular complexity index is 2530. The maximum absolute atomic E-state index is 6.67. The Morgan fingerprint density at radius 1 is 0.415 bits per heavy atom. The van der Waals surface area contributed by atoms with Crippen LogP contribution in [0.5, 0.6) is 11.5 Å². The van der Waals surface area contributed by atoms with E-state index in [1.54, 1.807) is 7.11 Å². The van der Waals surface area contributed by atoms with Gasteiger partial charge in [-0.15, -0.1) is 0 Å². The normalized spacial score (nSPS) is 12.0. The fraction of sp³-hybridized carbons (Fsp3) is 0.246. The van der Waals surface area contributed by atoms with E-state index in [9.17, 15) is 0 Å². The summed E-state index contributed by atoms with van der Waals surface area (Å²) in [4.78, 5) is 4.61. The van der Waals surface area contributed by atoms with Gasteiger partial charge >= 0.3 is 0 Å². The van der Waals surface area contributed by atoms with Crippen LogP contribution in [0.4, 0.5) is 34.1 Å². The van der Waals surface area contributed by atoms with Crippen molar-refractivity contribution in [3.8, 4) is 11.5 Å². The number of methoxy groups -OCH3 is 1. The van der Waals surface area contributed by atoms with Crippen molar-refractivity contribution in [2.24, 2.45) is 11.8 Å². The summed E-state index contributed by atoms with van der Waals surface area (Å²) in [6.45, 7) is 16.1. The zero-order chi connectivity index (χ0) is 45.7. The molecule has 332 valence electrons. The molecular formula is C61H66N2O2. The molecule has 0 aliphatic rings. The molecule has 0 radical (unpaired) electrons. The Labute approximate surface area is 389 Å². The molecule has 4 heteroatoms. The second-order valence-electron chi connectivity index (χ2n) is 18.1. The van der Waals surface area contributed by atoms with Crippen molar-refractivity contribution in [3.63, 3.8) is 0 Å². The van der Waals surface area contributed by atoms with E-state index in [1.165, 1.54) is 41.5 Å². The van der Waals surface area contributed by atoms with Crippen molar-refractivity contribution in [3.05, 3.63) is 202 Å². The molecule has 0 fully saturated rings. The molecule has 0 aliphatic heterocycles. The summed E-state index contributed by atoms with van der Waals surface area (Å²) in [5.41, 5.74) is 15.8. The zero-order valence-electron chi connectivity index (χ0n) is 39.7. The molecule has 4 nitrogen and oxygen atoms in total.